The second-order valence-electron chi connectivity index (χ2n) is 5.40. The largest absolute Gasteiger partial charge is 0.476 e. The van der Waals surface area contributed by atoms with Gasteiger partial charge in [-0.3, -0.25) is 0 Å². The Morgan fingerprint density at radius 1 is 1.32 bits per heavy atom. The van der Waals surface area contributed by atoms with Gasteiger partial charge in [0.2, 0.25) is 11.8 Å². The maximum Gasteiger partial charge on any atom is 0.358 e. The van der Waals surface area contributed by atoms with Crippen LogP contribution in [0.2, 0.25) is 15.1 Å². The van der Waals surface area contributed by atoms with Crippen molar-refractivity contribution in [3.63, 3.8) is 0 Å². The van der Waals surface area contributed by atoms with Crippen LogP contribution in [0.4, 0.5) is 0 Å². The molecule has 0 atom stereocenters. The molecule has 0 aromatic carbocycles. The van der Waals surface area contributed by atoms with Crippen LogP contribution in [0.1, 0.15) is 31.3 Å². The van der Waals surface area contributed by atoms with E-state index in [2.05, 4.69) is 10.1 Å². The summed E-state index contributed by atoms with van der Waals surface area (Å²) in [5, 5.41) is 13.5. The third kappa shape index (κ3) is 3.29. The third-order valence-corrected chi connectivity index (χ3v) is 3.41. The van der Waals surface area contributed by atoms with Crippen molar-refractivity contribution in [3.8, 4) is 11.8 Å². The number of pyridine rings is 1. The summed E-state index contributed by atoms with van der Waals surface area (Å²) >= 11 is 17.9. The van der Waals surface area contributed by atoms with E-state index in [1.807, 2.05) is 20.8 Å². The van der Waals surface area contributed by atoms with Crippen LogP contribution in [0.25, 0.3) is 0 Å². The van der Waals surface area contributed by atoms with Crippen LogP contribution in [0.5, 0.6) is 11.8 Å². The van der Waals surface area contributed by atoms with Crippen LogP contribution in [0.15, 0.2) is 12.3 Å². The molecule has 0 unspecified atom stereocenters. The Hall–Kier alpha value is -1.50. The molecule has 22 heavy (non-hydrogen) atoms. The third-order valence-electron chi connectivity index (χ3n) is 2.59. The molecule has 2 heterocycles. The maximum absolute atomic E-state index is 11.2. The Kier molecular flexibility index (Phi) is 4.56. The van der Waals surface area contributed by atoms with Crippen molar-refractivity contribution in [1.29, 1.82) is 0 Å². The second-order valence-corrected chi connectivity index (χ2v) is 6.62. The Morgan fingerprint density at radius 2 is 1.95 bits per heavy atom. The molecule has 0 saturated heterocycles. The lowest BCUT2D eigenvalue weighted by Crippen LogP contribution is -2.24. The van der Waals surface area contributed by atoms with Gasteiger partial charge in [-0.25, -0.2) is 14.5 Å². The second kappa shape index (κ2) is 5.95. The topological polar surface area (TPSA) is 77.2 Å². The number of aromatic carboxylic acids is 1. The predicted molar refractivity (Wildman–Crippen MR) is 83.5 cm³/mol. The molecule has 9 heteroatoms. The maximum atomic E-state index is 11.2. The van der Waals surface area contributed by atoms with Crippen molar-refractivity contribution < 1.29 is 14.6 Å². The average molecular weight is 365 g/mol. The highest BCUT2D eigenvalue weighted by atomic mass is 35.5. The van der Waals surface area contributed by atoms with Crippen LogP contribution >= 0.6 is 34.8 Å². The molecule has 118 valence electrons. The van der Waals surface area contributed by atoms with E-state index in [1.165, 1.54) is 16.9 Å². The van der Waals surface area contributed by atoms with E-state index >= 15 is 0 Å². The van der Waals surface area contributed by atoms with Crippen LogP contribution < -0.4 is 4.74 Å². The van der Waals surface area contributed by atoms with Gasteiger partial charge >= 0.3 is 5.97 Å². The molecular weight excluding hydrogens is 353 g/mol. The first-order chi connectivity index (χ1) is 10.1. The highest BCUT2D eigenvalue weighted by Crippen LogP contribution is 2.37. The van der Waals surface area contributed by atoms with Gasteiger partial charge in [0.15, 0.2) is 5.69 Å². The number of ether oxygens (including phenoxy) is 1. The summed E-state index contributed by atoms with van der Waals surface area (Å²) in [7, 11) is 0. The summed E-state index contributed by atoms with van der Waals surface area (Å²) in [5.41, 5.74) is -0.873. The zero-order valence-electron chi connectivity index (χ0n) is 11.9. The Balaban J connectivity index is 2.56. The van der Waals surface area contributed by atoms with Gasteiger partial charge in [-0.1, -0.05) is 34.8 Å². The normalized spacial score (nSPS) is 11.5. The lowest BCUT2D eigenvalue weighted by Gasteiger charge is -2.21. The molecule has 0 saturated carbocycles. The quantitative estimate of drug-likeness (QED) is 0.868. The molecule has 0 aliphatic carbocycles. The zero-order valence-corrected chi connectivity index (χ0v) is 14.2. The van der Waals surface area contributed by atoms with Crippen LogP contribution in [0, 0.1) is 0 Å². The summed E-state index contributed by atoms with van der Waals surface area (Å²) in [6.07, 6.45) is 1.35. The van der Waals surface area contributed by atoms with Crippen LogP contribution in [-0.4, -0.2) is 25.8 Å². The van der Waals surface area contributed by atoms with E-state index < -0.39 is 11.5 Å². The number of carbonyl (C=O) groups is 1. The lowest BCUT2D eigenvalue weighted by atomic mass is 10.1. The van der Waals surface area contributed by atoms with E-state index in [-0.39, 0.29) is 27.5 Å². The minimum atomic E-state index is -1.26. The first-order valence-corrected chi connectivity index (χ1v) is 7.26. The van der Waals surface area contributed by atoms with E-state index in [0.29, 0.717) is 5.02 Å². The van der Waals surface area contributed by atoms with Gasteiger partial charge in [0, 0.05) is 6.20 Å². The fraction of sp³-hybridized carbons (Fsp3) is 0.308. The van der Waals surface area contributed by atoms with Crippen molar-refractivity contribution in [2.24, 2.45) is 0 Å². The van der Waals surface area contributed by atoms with E-state index in [4.69, 9.17) is 44.6 Å². The number of hydrogen-bond acceptors (Lipinski definition) is 4. The summed E-state index contributed by atoms with van der Waals surface area (Å²) < 4.78 is 6.95. The Bertz CT molecular complexity index is 738. The molecule has 0 fully saturated rings. The monoisotopic (exact) mass is 363 g/mol. The highest BCUT2D eigenvalue weighted by Gasteiger charge is 2.29. The molecule has 2 aromatic rings. The van der Waals surface area contributed by atoms with Gasteiger partial charge < -0.3 is 9.84 Å². The van der Waals surface area contributed by atoms with Gasteiger partial charge in [0.1, 0.15) is 10.0 Å². The summed E-state index contributed by atoms with van der Waals surface area (Å²) in [6.45, 7) is 5.48. The Morgan fingerprint density at radius 3 is 2.45 bits per heavy atom. The SMILES string of the molecule is CC(C)(C)n1nc(C(=O)O)c(Cl)c1Oc1ncc(Cl)cc1Cl. The molecule has 0 spiro atoms. The van der Waals surface area contributed by atoms with Gasteiger partial charge in [0.25, 0.3) is 0 Å². The Labute approximate surface area is 141 Å². The standard InChI is InChI=1S/C13H12Cl3N3O3/c1-13(2,3)19-11(8(16)9(18-19)12(20)21)22-10-7(15)4-6(14)5-17-10/h4-5H,1-3H3,(H,20,21). The van der Waals surface area contributed by atoms with Crippen LogP contribution in [0.3, 0.4) is 0 Å². The fourth-order valence-corrected chi connectivity index (χ4v) is 2.29. The molecule has 2 aromatic heterocycles. The number of carboxylic acids is 1. The van der Waals surface area contributed by atoms with Gasteiger partial charge in [0.05, 0.1) is 10.6 Å². The van der Waals surface area contributed by atoms with E-state index in [9.17, 15) is 4.79 Å². The highest BCUT2D eigenvalue weighted by molar-refractivity contribution is 6.35. The number of rotatable bonds is 3. The summed E-state index contributed by atoms with van der Waals surface area (Å²) in [5.74, 6) is -1.16. The molecule has 0 aliphatic heterocycles. The van der Waals surface area contributed by atoms with Crippen molar-refractivity contribution in [2.45, 2.75) is 26.3 Å². The van der Waals surface area contributed by atoms with Crippen molar-refractivity contribution in [1.82, 2.24) is 14.8 Å². The van der Waals surface area contributed by atoms with Gasteiger partial charge in [-0.2, -0.15) is 5.10 Å². The number of hydrogen-bond donors (Lipinski definition) is 1. The van der Waals surface area contributed by atoms with Crippen molar-refractivity contribution in [2.75, 3.05) is 0 Å². The van der Waals surface area contributed by atoms with Gasteiger partial charge in [-0.05, 0) is 26.8 Å². The molecule has 0 bridgehead atoms. The molecule has 0 amide bonds. The summed E-state index contributed by atoms with van der Waals surface area (Å²) in [4.78, 5) is 15.2. The molecule has 6 nitrogen and oxygen atoms in total. The lowest BCUT2D eigenvalue weighted by molar-refractivity contribution is 0.0689. The summed E-state index contributed by atoms with van der Waals surface area (Å²) in [6, 6.07) is 1.45. The predicted octanol–water partition coefficient (Wildman–Crippen LogP) is 4.48. The number of carboxylic acid groups (broad SMARTS) is 1. The molecule has 0 radical (unpaired) electrons. The average Bonchev–Trinajstić information content (AvgIpc) is 2.70. The fourth-order valence-electron chi connectivity index (χ4n) is 1.63. The molecule has 1 N–H and O–H groups in total. The van der Waals surface area contributed by atoms with Crippen molar-refractivity contribution >= 4 is 40.8 Å². The first-order valence-electron chi connectivity index (χ1n) is 6.12. The minimum absolute atomic E-state index is 0.0447. The first kappa shape index (κ1) is 16.9. The number of nitrogens with zero attached hydrogens (tertiary/aromatic N) is 3. The zero-order chi connectivity index (χ0) is 16.7. The van der Waals surface area contributed by atoms with Gasteiger partial charge in [-0.15, -0.1) is 0 Å². The smallest absolute Gasteiger partial charge is 0.358 e. The molecular formula is C13H12Cl3N3O3. The van der Waals surface area contributed by atoms with E-state index in [0.717, 1.165) is 0 Å². The number of aromatic nitrogens is 3. The minimum Gasteiger partial charge on any atom is -0.476 e. The molecule has 0 aliphatic rings. The van der Waals surface area contributed by atoms with Crippen molar-refractivity contribution in [3.05, 3.63) is 33.0 Å². The van der Waals surface area contributed by atoms with E-state index in [1.54, 1.807) is 0 Å². The molecule has 2 rings (SSSR count). The number of halogens is 3. The van der Waals surface area contributed by atoms with Crippen LogP contribution in [-0.2, 0) is 5.54 Å².